The van der Waals surface area contributed by atoms with Gasteiger partial charge in [0.25, 0.3) is 0 Å². The minimum Gasteiger partial charge on any atom is -0.486 e. The van der Waals surface area contributed by atoms with Gasteiger partial charge in [-0.25, -0.2) is 9.78 Å². The lowest BCUT2D eigenvalue weighted by Gasteiger charge is -2.25. The molecule has 0 aliphatic heterocycles. The largest absolute Gasteiger partial charge is 0.486 e. The van der Waals surface area contributed by atoms with Crippen LogP contribution in [0.15, 0.2) is 54.6 Å². The second-order valence-electron chi connectivity index (χ2n) is 6.74. The lowest BCUT2D eigenvalue weighted by molar-refractivity contribution is -0.147. The summed E-state index contributed by atoms with van der Waals surface area (Å²) in [5, 5.41) is 12.0. The maximum absolute atomic E-state index is 12.6. The first-order chi connectivity index (χ1) is 13.4. The van der Waals surface area contributed by atoms with Gasteiger partial charge < -0.3 is 19.7 Å². The van der Waals surface area contributed by atoms with Crippen molar-refractivity contribution in [1.29, 1.82) is 0 Å². The molecule has 0 radical (unpaired) electrons. The molecule has 2 N–H and O–H groups in total. The van der Waals surface area contributed by atoms with Gasteiger partial charge in [0.2, 0.25) is 5.91 Å². The van der Waals surface area contributed by atoms with E-state index in [0.29, 0.717) is 11.6 Å². The Morgan fingerprint density at radius 3 is 2.50 bits per heavy atom. The fourth-order valence-corrected chi connectivity index (χ4v) is 2.86. The summed E-state index contributed by atoms with van der Waals surface area (Å²) in [6.07, 6.45) is 0.280. The van der Waals surface area contributed by atoms with E-state index < -0.39 is 17.4 Å². The normalized spacial score (nSPS) is 13.1. The van der Waals surface area contributed by atoms with Crippen LogP contribution < -0.4 is 10.1 Å². The molecule has 0 saturated heterocycles. The van der Waals surface area contributed by atoms with Gasteiger partial charge in [-0.05, 0) is 37.6 Å². The molecular weight excluding hydrogens is 358 g/mol. The van der Waals surface area contributed by atoms with Crippen molar-refractivity contribution in [2.24, 2.45) is 0 Å². The third kappa shape index (κ3) is 4.14. The number of carbonyl (C=O) groups excluding carboxylic acids is 1. The van der Waals surface area contributed by atoms with Crippen molar-refractivity contribution in [2.75, 3.05) is 0 Å². The molecule has 7 heteroatoms. The molecule has 0 spiro atoms. The van der Waals surface area contributed by atoms with Gasteiger partial charge >= 0.3 is 5.97 Å². The number of rotatable bonds is 8. The minimum atomic E-state index is -1.31. The van der Waals surface area contributed by atoms with Gasteiger partial charge in [-0.2, -0.15) is 0 Å². The summed E-state index contributed by atoms with van der Waals surface area (Å²) in [5.74, 6) is -0.161. The number of imidazole rings is 1. The summed E-state index contributed by atoms with van der Waals surface area (Å²) in [4.78, 5) is 28.6. The fraction of sp³-hybridized carbons (Fsp3) is 0.286. The summed E-state index contributed by atoms with van der Waals surface area (Å²) in [7, 11) is 0. The van der Waals surface area contributed by atoms with Gasteiger partial charge in [0.05, 0.1) is 11.0 Å². The molecule has 3 rings (SSSR count). The molecule has 1 heterocycles. The van der Waals surface area contributed by atoms with Gasteiger partial charge in [-0.3, -0.25) is 4.79 Å². The number of hydrogen-bond donors (Lipinski definition) is 2. The first-order valence-corrected chi connectivity index (χ1v) is 9.09. The Hall–Kier alpha value is -3.35. The topological polar surface area (TPSA) is 93.5 Å². The molecule has 2 aromatic carbocycles. The number of ether oxygens (including phenoxy) is 1. The number of benzene rings is 2. The molecule has 28 heavy (non-hydrogen) atoms. The lowest BCUT2D eigenvalue weighted by Crippen LogP contribution is -2.52. The number of aromatic nitrogens is 2. The van der Waals surface area contributed by atoms with Crippen LogP contribution >= 0.6 is 0 Å². The number of nitrogens with one attached hydrogen (secondary N) is 1. The minimum absolute atomic E-state index is 0.0448. The molecule has 0 saturated carbocycles. The summed E-state index contributed by atoms with van der Waals surface area (Å²) in [6, 6.07) is 16.8. The van der Waals surface area contributed by atoms with E-state index >= 15 is 0 Å². The highest BCUT2D eigenvalue weighted by Crippen LogP contribution is 2.19. The molecule has 146 valence electrons. The van der Waals surface area contributed by atoms with E-state index in [1.54, 1.807) is 11.5 Å². The van der Waals surface area contributed by atoms with E-state index in [4.69, 9.17) is 4.74 Å². The van der Waals surface area contributed by atoms with E-state index in [1.807, 2.05) is 54.6 Å². The Morgan fingerprint density at radius 1 is 1.14 bits per heavy atom. The molecule has 0 fully saturated rings. The average molecular weight is 381 g/mol. The van der Waals surface area contributed by atoms with E-state index in [2.05, 4.69) is 10.3 Å². The third-order valence-corrected chi connectivity index (χ3v) is 4.74. The predicted molar refractivity (Wildman–Crippen MR) is 105 cm³/mol. The first-order valence-electron chi connectivity index (χ1n) is 9.09. The third-order valence-electron chi connectivity index (χ3n) is 4.74. The molecule has 7 nitrogen and oxygen atoms in total. The quantitative estimate of drug-likeness (QED) is 0.626. The van der Waals surface area contributed by atoms with E-state index in [0.717, 1.165) is 11.0 Å². The molecule has 0 aliphatic carbocycles. The Kier molecular flexibility index (Phi) is 5.63. The van der Waals surface area contributed by atoms with Crippen LogP contribution in [0.5, 0.6) is 5.75 Å². The first kappa shape index (κ1) is 19.4. The van der Waals surface area contributed by atoms with Crippen LogP contribution in [-0.4, -0.2) is 32.1 Å². The summed E-state index contributed by atoms with van der Waals surface area (Å²) < 4.78 is 7.55. The molecule has 1 atom stereocenters. The Bertz CT molecular complexity index is 984. The highest BCUT2D eigenvalue weighted by atomic mass is 16.5. The number of aliphatic carboxylic acids is 1. The zero-order chi connectivity index (χ0) is 20.1. The number of fused-ring (bicyclic) bond motifs is 1. The van der Waals surface area contributed by atoms with Crippen LogP contribution in [0.2, 0.25) is 0 Å². The predicted octanol–water partition coefficient (Wildman–Crippen LogP) is 2.98. The van der Waals surface area contributed by atoms with Crippen molar-refractivity contribution < 1.29 is 19.4 Å². The van der Waals surface area contributed by atoms with Crippen molar-refractivity contribution in [3.05, 3.63) is 60.4 Å². The molecule has 1 aromatic heterocycles. The number of carboxylic acid groups (broad SMARTS) is 1. The second kappa shape index (κ2) is 8.12. The average Bonchev–Trinajstić information content (AvgIpc) is 3.04. The van der Waals surface area contributed by atoms with Gasteiger partial charge in [0.15, 0.2) is 0 Å². The van der Waals surface area contributed by atoms with Crippen molar-refractivity contribution in [3.63, 3.8) is 0 Å². The van der Waals surface area contributed by atoms with Crippen LogP contribution in [-0.2, 0) is 22.7 Å². The number of para-hydroxylation sites is 3. The number of amides is 1. The molecular formula is C21H23N3O4. The standard InChI is InChI=1S/C21H23N3O4/c1-3-21(2,20(26)27)23-19(25)13-24-17-12-8-7-11-16(17)22-18(24)14-28-15-9-5-4-6-10-15/h4-12H,3,13-14H2,1-2H3,(H,23,25)(H,26,27). The maximum atomic E-state index is 12.6. The zero-order valence-corrected chi connectivity index (χ0v) is 15.9. The zero-order valence-electron chi connectivity index (χ0n) is 15.9. The molecule has 0 bridgehead atoms. The van der Waals surface area contributed by atoms with Crippen LogP contribution in [0, 0.1) is 0 Å². The highest BCUT2D eigenvalue weighted by Gasteiger charge is 2.33. The van der Waals surface area contributed by atoms with Gasteiger partial charge in [0, 0.05) is 0 Å². The number of nitrogens with zero attached hydrogens (tertiary/aromatic N) is 2. The van der Waals surface area contributed by atoms with Crippen LogP contribution in [0.4, 0.5) is 0 Å². The van der Waals surface area contributed by atoms with Gasteiger partial charge in [0.1, 0.15) is 30.3 Å². The molecule has 0 aliphatic rings. The smallest absolute Gasteiger partial charge is 0.329 e. The fourth-order valence-electron chi connectivity index (χ4n) is 2.86. The van der Waals surface area contributed by atoms with Crippen LogP contribution in [0.3, 0.4) is 0 Å². The SMILES string of the molecule is CCC(C)(NC(=O)Cn1c(COc2ccccc2)nc2ccccc21)C(=O)O. The summed E-state index contributed by atoms with van der Waals surface area (Å²) >= 11 is 0. The Balaban J connectivity index is 1.84. The number of hydrogen-bond acceptors (Lipinski definition) is 4. The lowest BCUT2D eigenvalue weighted by atomic mass is 9.99. The summed E-state index contributed by atoms with van der Waals surface area (Å²) in [6.45, 7) is 3.37. The van der Waals surface area contributed by atoms with Crippen LogP contribution in [0.1, 0.15) is 26.1 Å². The molecule has 3 aromatic rings. The monoisotopic (exact) mass is 381 g/mol. The van der Waals surface area contributed by atoms with Crippen molar-refractivity contribution in [1.82, 2.24) is 14.9 Å². The van der Waals surface area contributed by atoms with Crippen molar-refractivity contribution in [2.45, 2.75) is 39.0 Å². The van der Waals surface area contributed by atoms with E-state index in [1.165, 1.54) is 6.92 Å². The van der Waals surface area contributed by atoms with Crippen LogP contribution in [0.25, 0.3) is 11.0 Å². The number of carbonyl (C=O) groups is 2. The van der Waals surface area contributed by atoms with E-state index in [-0.39, 0.29) is 19.6 Å². The second-order valence-corrected chi connectivity index (χ2v) is 6.74. The van der Waals surface area contributed by atoms with Crippen molar-refractivity contribution >= 4 is 22.9 Å². The van der Waals surface area contributed by atoms with Crippen molar-refractivity contribution in [3.8, 4) is 5.75 Å². The molecule has 1 unspecified atom stereocenters. The highest BCUT2D eigenvalue weighted by molar-refractivity contribution is 5.87. The Labute approximate surface area is 163 Å². The van der Waals surface area contributed by atoms with Gasteiger partial charge in [-0.1, -0.05) is 37.3 Å². The van der Waals surface area contributed by atoms with Gasteiger partial charge in [-0.15, -0.1) is 0 Å². The maximum Gasteiger partial charge on any atom is 0.329 e. The Morgan fingerprint density at radius 2 is 1.82 bits per heavy atom. The number of carboxylic acids is 1. The van der Waals surface area contributed by atoms with E-state index in [9.17, 15) is 14.7 Å². The summed E-state index contributed by atoms with van der Waals surface area (Å²) in [5.41, 5.74) is 0.227. The molecule has 1 amide bonds.